The lowest BCUT2D eigenvalue weighted by Gasteiger charge is -2.17. The Kier molecular flexibility index (Phi) is 39.1. The normalized spacial score (nSPS) is 11.0. The first-order chi connectivity index (χ1) is 63.7. The zero-order valence-electron chi connectivity index (χ0n) is 77.3. The number of rotatable bonds is 31. The van der Waals surface area contributed by atoms with E-state index in [0.717, 1.165) is 123 Å². The van der Waals surface area contributed by atoms with Crippen LogP contribution < -0.4 is 0 Å². The van der Waals surface area contributed by atoms with Crippen LogP contribution in [-0.2, 0) is 80.4 Å². The van der Waals surface area contributed by atoms with Crippen LogP contribution in [0, 0.1) is 69.2 Å². The molecule has 0 fully saturated rings. The van der Waals surface area contributed by atoms with Gasteiger partial charge < -0.3 is 33.5 Å². The fourth-order valence-corrected chi connectivity index (χ4v) is 22.6. The molecule has 0 atom stereocenters. The van der Waals surface area contributed by atoms with Crippen molar-refractivity contribution in [1.82, 2.24) is 58.7 Å². The Morgan fingerprint density at radius 2 is 0.564 bits per heavy atom. The summed E-state index contributed by atoms with van der Waals surface area (Å²) in [5, 5.41) is 22.5. The molecule has 0 radical (unpaired) electrons. The molecule has 0 N–H and O–H groups in total. The van der Waals surface area contributed by atoms with Gasteiger partial charge in [0.2, 0.25) is 0 Å². The predicted molar refractivity (Wildman–Crippen MR) is 562 cm³/mol. The number of hydrogen-bond donors (Lipinski definition) is 0. The van der Waals surface area contributed by atoms with Crippen molar-refractivity contribution >= 4 is 178 Å². The van der Waals surface area contributed by atoms with E-state index in [0.29, 0.717) is 32.3 Å². The molecule has 10 heterocycles. The van der Waals surface area contributed by atoms with E-state index in [1.807, 2.05) is 59.9 Å². The minimum absolute atomic E-state index is 0.0902. The number of thioether (sulfide) groups is 1. The highest BCUT2D eigenvalue weighted by Crippen LogP contribution is 2.45. The predicted octanol–water partition coefficient (Wildman–Crippen LogP) is 25.9. The molecule has 22 nitrogen and oxygen atoms in total. The number of thiophene rings is 5. The maximum Gasteiger partial charge on any atom is 0.328 e. The molecule has 15 aromatic rings. The summed E-state index contributed by atoms with van der Waals surface area (Å²) in [6, 6.07) is 63.2. The van der Waals surface area contributed by atoms with Crippen LogP contribution in [-0.4, -0.2) is 168 Å². The van der Waals surface area contributed by atoms with Crippen molar-refractivity contribution in [2.24, 2.45) is 0 Å². The Labute approximate surface area is 844 Å². The van der Waals surface area contributed by atoms with E-state index >= 15 is 0 Å². The van der Waals surface area contributed by atoms with Crippen molar-refractivity contribution in [2.75, 3.05) is 79.4 Å². The van der Waals surface area contributed by atoms with Crippen LogP contribution >= 0.6 is 148 Å². The van der Waals surface area contributed by atoms with Crippen LogP contribution in [0.1, 0.15) is 77.1 Å². The van der Waals surface area contributed by atoms with Gasteiger partial charge in [-0.1, -0.05) is 163 Å². The number of halogens is 5. The van der Waals surface area contributed by atoms with E-state index in [1.165, 1.54) is 98.9 Å². The first-order valence-electron chi connectivity index (χ1n) is 42.8. The summed E-state index contributed by atoms with van der Waals surface area (Å²) in [7, 11) is 5.28. The van der Waals surface area contributed by atoms with Gasteiger partial charge in [0, 0.05) is 37.5 Å². The van der Waals surface area contributed by atoms with Crippen LogP contribution in [0.2, 0.25) is 0 Å². The van der Waals surface area contributed by atoms with E-state index in [2.05, 4.69) is 341 Å². The fourth-order valence-electron chi connectivity index (χ4n) is 14.0. The molecule has 15 rings (SSSR count). The topological polar surface area (TPSA) is 227 Å². The number of nitrogens with zero attached hydrogens (tertiary/aromatic N) is 12. The van der Waals surface area contributed by atoms with Crippen LogP contribution in [0.4, 0.5) is 0 Å². The van der Waals surface area contributed by atoms with Crippen LogP contribution in [0.25, 0.3) is 105 Å². The number of aromatic nitrogens is 10. The molecule has 0 unspecified atom stereocenters. The molecule has 5 aromatic carbocycles. The minimum atomic E-state index is -0.318. The Bertz CT molecular complexity index is 6520. The largest absolute Gasteiger partial charge is 0.468 e. The second-order valence-electron chi connectivity index (χ2n) is 31.3. The zero-order valence-corrected chi connectivity index (χ0v) is 90.1. The molecule has 133 heavy (non-hydrogen) atoms. The monoisotopic (exact) mass is 2220 g/mol. The number of esters is 5. The van der Waals surface area contributed by atoms with E-state index < -0.39 is 0 Å². The SMILES string of the molecule is CCN(CC)CCOC(=O)Cn1nc(C)c(Br)c1-c1ccc(-c2cccc(C)c2)s1.CCOC(=O)Cn1nc(C)c(Br)c1-c1ccc(-c2cccc(C)c2)s1.COC(=O)Cn1nc(C)c(Br)c1-c1ccc(-c2cccc(C)c2)s1.CSCOC(=O)Cn1nc(C)c(Br)c1-c1ccc(-c2cccc(C)c2)s1.Cc1cccc(-c2ccc(-c3c(Br)c(C)nn3CC(=O)OCCN(C)C)s2)c1. The molecular formula is C100H107Br5N12O10S6. The third-order valence-electron chi connectivity index (χ3n) is 20.6. The third-order valence-corrected chi connectivity index (χ3v) is 31.4. The highest BCUT2D eigenvalue weighted by atomic mass is 79.9. The van der Waals surface area contributed by atoms with Gasteiger partial charge in [-0.25, -0.2) is 0 Å². The molecule has 33 heteroatoms. The second-order valence-corrected chi connectivity index (χ2v) is 41.5. The highest BCUT2D eigenvalue weighted by molar-refractivity contribution is 9.11. The van der Waals surface area contributed by atoms with E-state index in [-0.39, 0.29) is 62.6 Å². The third kappa shape index (κ3) is 28.4. The van der Waals surface area contributed by atoms with Gasteiger partial charge in [0.25, 0.3) is 0 Å². The Hall–Kier alpha value is -9.33. The number of carbonyl (C=O) groups is 5. The summed E-state index contributed by atoms with van der Waals surface area (Å²) in [5.41, 5.74) is 20.9. The van der Waals surface area contributed by atoms with Gasteiger partial charge in [0.15, 0.2) is 0 Å². The average Bonchev–Trinajstić information content (AvgIpc) is 1.66. The molecule has 0 aliphatic carbocycles. The van der Waals surface area contributed by atoms with Gasteiger partial charge in [0.05, 0.1) is 117 Å². The Balaban J connectivity index is 0.000000160. The molecule has 0 saturated heterocycles. The van der Waals surface area contributed by atoms with Crippen LogP contribution in [0.3, 0.4) is 0 Å². The average molecular weight is 2230 g/mol. The second kappa shape index (κ2) is 50.0. The number of benzene rings is 5. The standard InChI is InChI=1S/C23H28BrN3O2S.C21H24BrN3O2S.C19H19BrN2O2S2.C19H19BrN2O2S.C18H17BrN2O2S/c1-5-26(6-2)12-13-29-21(28)15-27-23(22(24)17(4)25-27)20-11-10-19(30-20)18-9-7-8-16(3)14-18;1-14-6-5-7-16(12-14)17-8-9-18(28-17)21-20(22)15(2)23-25(21)13-19(26)27-11-10-24(3)4;1-12-5-4-6-14(9-12)15-7-8-16(26-15)19-18(20)13(2)21-22(19)10-17(23)24-11-25-3;1-4-24-17(23)11-22-19(18(20)13(3)21-22)16-9-8-15(25-16)14-7-5-6-12(2)10-14;1-11-5-4-6-13(9-11)14-7-8-15(24-14)18-17(19)12(2)20-21(18)10-16(22)23-3/h7-11,14H,5-6,12-13,15H2,1-4H3;5-9,12H,10-11,13H2,1-4H3;4-9H,10-11H2,1-3H3;5-10H,4,11H2,1-3H3;4-9H,10H2,1-3H3. The number of aryl methyl sites for hydroxylation is 10. The number of likely N-dealkylation sites (N-methyl/N-ethyl adjacent to an activating group) is 2. The van der Waals surface area contributed by atoms with Gasteiger partial charge in [0.1, 0.15) is 51.9 Å². The van der Waals surface area contributed by atoms with Crippen LogP contribution in [0.5, 0.6) is 0 Å². The van der Waals surface area contributed by atoms with Gasteiger partial charge in [-0.15, -0.1) is 68.4 Å². The summed E-state index contributed by atoms with van der Waals surface area (Å²) in [5.74, 6) is -1.09. The van der Waals surface area contributed by atoms with Crippen molar-refractivity contribution in [3.05, 3.63) is 261 Å². The summed E-state index contributed by atoms with van der Waals surface area (Å²) >= 11 is 28.0. The first kappa shape index (κ1) is 104. The molecule has 0 bridgehead atoms. The zero-order chi connectivity index (χ0) is 95.9. The van der Waals surface area contributed by atoms with Crippen molar-refractivity contribution in [1.29, 1.82) is 0 Å². The number of methoxy groups -OCH3 is 1. The maximum absolute atomic E-state index is 12.4. The molecule has 0 saturated carbocycles. The summed E-state index contributed by atoms with van der Waals surface area (Å²) in [6.45, 7) is 31.1. The van der Waals surface area contributed by atoms with Crippen molar-refractivity contribution in [3.63, 3.8) is 0 Å². The summed E-state index contributed by atoms with van der Waals surface area (Å²) < 4.78 is 38.9. The quantitative estimate of drug-likeness (QED) is 0.0223. The van der Waals surface area contributed by atoms with Gasteiger partial charge in [-0.3, -0.25) is 47.4 Å². The van der Waals surface area contributed by atoms with Gasteiger partial charge in [-0.2, -0.15) is 25.5 Å². The Morgan fingerprint density at radius 1 is 0.331 bits per heavy atom. The van der Waals surface area contributed by atoms with Crippen LogP contribution in [0.15, 0.2) is 204 Å². The fraction of sp³-hybridized carbons (Fsp3) is 0.300. The van der Waals surface area contributed by atoms with E-state index in [4.69, 9.17) is 23.7 Å². The minimum Gasteiger partial charge on any atom is -0.468 e. The van der Waals surface area contributed by atoms with Crippen molar-refractivity contribution in [3.8, 4) is 105 Å². The maximum atomic E-state index is 12.4. The molecule has 10 aromatic heterocycles. The lowest BCUT2D eigenvalue weighted by molar-refractivity contribution is -0.145. The summed E-state index contributed by atoms with van der Waals surface area (Å²) in [4.78, 5) is 75.7. The molecule has 0 aliphatic rings. The molecule has 0 aliphatic heterocycles. The van der Waals surface area contributed by atoms with Gasteiger partial charge >= 0.3 is 29.8 Å². The summed E-state index contributed by atoms with van der Waals surface area (Å²) in [6.07, 6.45) is 1.89. The van der Waals surface area contributed by atoms with E-state index in [1.54, 1.807) is 87.0 Å². The Morgan fingerprint density at radius 3 is 0.789 bits per heavy atom. The first-order valence-corrected chi connectivity index (χ1v) is 52.3. The van der Waals surface area contributed by atoms with Crippen molar-refractivity contribution < 1.29 is 47.7 Å². The molecule has 0 spiro atoms. The highest BCUT2D eigenvalue weighted by Gasteiger charge is 2.27. The number of hydrogen-bond acceptors (Lipinski definition) is 23. The molecule has 698 valence electrons. The molecular weight excluding hydrogens is 2120 g/mol. The smallest absolute Gasteiger partial charge is 0.328 e. The van der Waals surface area contributed by atoms with Crippen molar-refractivity contribution in [2.45, 2.75) is 123 Å². The van der Waals surface area contributed by atoms with E-state index in [9.17, 15) is 24.0 Å². The van der Waals surface area contributed by atoms with Gasteiger partial charge in [-0.05, 0) is 278 Å². The molecule has 0 amide bonds. The lowest BCUT2D eigenvalue weighted by Crippen LogP contribution is -2.28. The number of ether oxygens (including phenoxy) is 5. The lowest BCUT2D eigenvalue weighted by atomic mass is 10.1. The number of carbonyl (C=O) groups excluding carboxylic acids is 5.